The Morgan fingerprint density at radius 2 is 1.88 bits per heavy atom. The fourth-order valence-electron chi connectivity index (χ4n) is 1.46. The molecule has 8 heteroatoms. The Morgan fingerprint density at radius 1 is 1.44 bits per heavy atom. The van der Waals surface area contributed by atoms with Crippen molar-refractivity contribution in [3.63, 3.8) is 0 Å². The van der Waals surface area contributed by atoms with Gasteiger partial charge in [-0.15, -0.1) is 0 Å². The third-order valence-corrected chi connectivity index (χ3v) is 2.97. The van der Waals surface area contributed by atoms with Crippen LogP contribution in [0.15, 0.2) is 0 Å². The largest absolute Gasteiger partial charge is 0.522 e. The first-order chi connectivity index (χ1) is 7.09. The molecule has 1 N–H and O–H groups in total. The van der Waals surface area contributed by atoms with Gasteiger partial charge in [-0.1, -0.05) is 6.92 Å². The zero-order valence-electron chi connectivity index (χ0n) is 9.16. The van der Waals surface area contributed by atoms with Crippen molar-refractivity contribution in [2.24, 2.45) is 0 Å². The van der Waals surface area contributed by atoms with E-state index < -0.39 is 15.6 Å². The van der Waals surface area contributed by atoms with Crippen LogP contribution in [0.2, 0.25) is 0 Å². The molecule has 1 rings (SSSR count). The Kier molecular flexibility index (Phi) is 5.71. The van der Waals surface area contributed by atoms with Crippen molar-refractivity contribution < 1.29 is 26.1 Å². The molecule has 16 heavy (non-hydrogen) atoms. The van der Waals surface area contributed by atoms with Crippen LogP contribution in [-0.2, 0) is 10.1 Å². The highest BCUT2D eigenvalue weighted by Gasteiger charge is 2.44. The minimum absolute atomic E-state index is 0.861. The molecule has 0 aromatic heterocycles. The third kappa shape index (κ3) is 5.13. The quantitative estimate of drug-likeness (QED) is 0.579. The molecule has 0 bridgehead atoms. The lowest BCUT2D eigenvalue weighted by molar-refractivity contribution is -0.0510. The Hall–Kier alpha value is -0.340. The van der Waals surface area contributed by atoms with E-state index in [0.717, 1.165) is 6.04 Å². The first kappa shape index (κ1) is 15.7. The summed E-state index contributed by atoms with van der Waals surface area (Å²) < 4.78 is 57.5. The standard InChI is InChI=1S/C7H15N.CHF3O3S/c1-3-8-6-4-5-7(8)2;2-1(3,4)8(5,6)7/h7H,3-6H2,1-2H3;(H,5,6,7). The Morgan fingerprint density at radius 3 is 2.00 bits per heavy atom. The summed E-state index contributed by atoms with van der Waals surface area (Å²) in [7, 11) is -5.84. The van der Waals surface area contributed by atoms with Gasteiger partial charge in [0.1, 0.15) is 0 Å². The molecule has 1 fully saturated rings. The van der Waals surface area contributed by atoms with Crippen LogP contribution in [0, 0.1) is 0 Å². The molecular formula is C8H16F3NO3S. The molecule has 1 heterocycles. The number of nitrogens with zero attached hydrogens (tertiary/aromatic N) is 1. The molecule has 1 atom stereocenters. The van der Waals surface area contributed by atoms with E-state index in [1.54, 1.807) is 0 Å². The van der Waals surface area contributed by atoms with Gasteiger partial charge in [-0.2, -0.15) is 21.6 Å². The zero-order valence-corrected chi connectivity index (χ0v) is 9.98. The van der Waals surface area contributed by atoms with Gasteiger partial charge in [-0.25, -0.2) is 0 Å². The van der Waals surface area contributed by atoms with Gasteiger partial charge >= 0.3 is 15.6 Å². The molecule has 0 radical (unpaired) electrons. The lowest BCUT2D eigenvalue weighted by atomic mass is 10.2. The topological polar surface area (TPSA) is 57.6 Å². The van der Waals surface area contributed by atoms with E-state index in [1.165, 1.54) is 25.9 Å². The van der Waals surface area contributed by atoms with Crippen molar-refractivity contribution in [3.8, 4) is 0 Å². The van der Waals surface area contributed by atoms with Crippen molar-refractivity contribution >= 4 is 10.1 Å². The van der Waals surface area contributed by atoms with Crippen LogP contribution in [0.1, 0.15) is 26.7 Å². The summed E-state index contributed by atoms with van der Waals surface area (Å²) in [5, 5.41) is 0. The molecule has 0 amide bonds. The molecule has 0 spiro atoms. The molecule has 0 saturated carbocycles. The van der Waals surface area contributed by atoms with Crippen LogP contribution in [0.25, 0.3) is 0 Å². The number of likely N-dealkylation sites (tertiary alicyclic amines) is 1. The van der Waals surface area contributed by atoms with Gasteiger partial charge in [0.15, 0.2) is 0 Å². The fraction of sp³-hybridized carbons (Fsp3) is 1.00. The number of rotatable bonds is 1. The van der Waals surface area contributed by atoms with Crippen molar-refractivity contribution in [2.75, 3.05) is 13.1 Å². The summed E-state index contributed by atoms with van der Waals surface area (Å²) in [6.45, 7) is 7.12. The number of hydrogen-bond acceptors (Lipinski definition) is 3. The Labute approximate surface area is 93.2 Å². The second kappa shape index (κ2) is 5.83. The van der Waals surface area contributed by atoms with Crippen LogP contribution in [0.5, 0.6) is 0 Å². The van der Waals surface area contributed by atoms with E-state index in [2.05, 4.69) is 18.7 Å². The summed E-state index contributed by atoms with van der Waals surface area (Å²) in [4.78, 5) is 2.53. The molecule has 1 aliphatic rings. The molecule has 1 unspecified atom stereocenters. The van der Waals surface area contributed by atoms with Gasteiger partial charge in [0.05, 0.1) is 0 Å². The summed E-state index contributed by atoms with van der Waals surface area (Å²) in [6, 6.07) is 0.861. The predicted octanol–water partition coefficient (Wildman–Crippen LogP) is 1.88. The number of alkyl halides is 3. The van der Waals surface area contributed by atoms with Crippen LogP contribution in [0.3, 0.4) is 0 Å². The van der Waals surface area contributed by atoms with Crippen molar-refractivity contribution in [1.82, 2.24) is 4.90 Å². The zero-order chi connectivity index (χ0) is 13.0. The molecule has 0 aromatic carbocycles. The molecular weight excluding hydrogens is 247 g/mol. The highest BCUT2D eigenvalue weighted by molar-refractivity contribution is 7.86. The monoisotopic (exact) mass is 263 g/mol. The summed E-state index contributed by atoms with van der Waals surface area (Å²) in [6.07, 6.45) is 2.82. The number of hydrogen-bond donors (Lipinski definition) is 1. The van der Waals surface area contributed by atoms with Crippen LogP contribution < -0.4 is 0 Å². The molecule has 1 aliphatic heterocycles. The third-order valence-electron chi connectivity index (χ3n) is 2.39. The smallest absolute Gasteiger partial charge is 0.301 e. The van der Waals surface area contributed by atoms with Gasteiger partial charge in [0, 0.05) is 6.04 Å². The van der Waals surface area contributed by atoms with Gasteiger partial charge in [-0.3, -0.25) is 4.55 Å². The predicted molar refractivity (Wildman–Crippen MR) is 53.5 cm³/mol. The second-order valence-electron chi connectivity index (χ2n) is 3.54. The lowest BCUT2D eigenvalue weighted by Gasteiger charge is -2.17. The maximum Gasteiger partial charge on any atom is 0.522 e. The van der Waals surface area contributed by atoms with E-state index >= 15 is 0 Å². The second-order valence-corrected chi connectivity index (χ2v) is 4.95. The minimum Gasteiger partial charge on any atom is -0.301 e. The molecule has 1 saturated heterocycles. The highest BCUT2D eigenvalue weighted by Crippen LogP contribution is 2.20. The van der Waals surface area contributed by atoms with Gasteiger partial charge < -0.3 is 4.90 Å². The van der Waals surface area contributed by atoms with E-state index in [4.69, 9.17) is 13.0 Å². The van der Waals surface area contributed by atoms with Crippen LogP contribution >= 0.6 is 0 Å². The maximum absolute atomic E-state index is 10.7. The highest BCUT2D eigenvalue weighted by atomic mass is 32.2. The normalized spacial score (nSPS) is 22.8. The average molecular weight is 263 g/mol. The molecule has 0 aromatic rings. The molecule has 98 valence electrons. The SMILES string of the molecule is CCN1CCCC1C.O=S(=O)(O)C(F)(F)F. The molecule has 0 aliphatic carbocycles. The summed E-state index contributed by atoms with van der Waals surface area (Å²) in [5.74, 6) is 0. The van der Waals surface area contributed by atoms with E-state index in [-0.39, 0.29) is 0 Å². The van der Waals surface area contributed by atoms with Crippen molar-refractivity contribution in [3.05, 3.63) is 0 Å². The van der Waals surface area contributed by atoms with E-state index in [0.29, 0.717) is 0 Å². The first-order valence-electron chi connectivity index (χ1n) is 4.87. The van der Waals surface area contributed by atoms with Crippen LogP contribution in [-0.4, -0.2) is 42.5 Å². The Bertz CT molecular complexity index is 302. The molecule has 4 nitrogen and oxygen atoms in total. The summed E-state index contributed by atoms with van der Waals surface area (Å²) in [5.41, 5.74) is -5.53. The van der Waals surface area contributed by atoms with Gasteiger partial charge in [0.25, 0.3) is 0 Å². The summed E-state index contributed by atoms with van der Waals surface area (Å²) >= 11 is 0. The van der Waals surface area contributed by atoms with Crippen LogP contribution in [0.4, 0.5) is 13.2 Å². The lowest BCUT2D eigenvalue weighted by Crippen LogP contribution is -2.25. The Balaban J connectivity index is 0.000000281. The van der Waals surface area contributed by atoms with Gasteiger partial charge in [0.2, 0.25) is 0 Å². The van der Waals surface area contributed by atoms with Gasteiger partial charge in [-0.05, 0) is 32.9 Å². The van der Waals surface area contributed by atoms with Crippen molar-refractivity contribution in [1.29, 1.82) is 0 Å². The van der Waals surface area contributed by atoms with Crippen molar-refractivity contribution in [2.45, 2.75) is 38.2 Å². The first-order valence-corrected chi connectivity index (χ1v) is 6.31. The van der Waals surface area contributed by atoms with E-state index in [1.807, 2.05) is 0 Å². The van der Waals surface area contributed by atoms with E-state index in [9.17, 15) is 13.2 Å². The fourth-order valence-corrected chi connectivity index (χ4v) is 1.46. The maximum atomic E-state index is 10.7. The average Bonchev–Trinajstić information content (AvgIpc) is 2.48. The minimum atomic E-state index is -5.84. The number of halogens is 3.